The van der Waals surface area contributed by atoms with E-state index in [0.29, 0.717) is 0 Å². The van der Waals surface area contributed by atoms with Gasteiger partial charge in [-0.2, -0.15) is 0 Å². The number of hydrogen-bond donors (Lipinski definition) is 1. The van der Waals surface area contributed by atoms with Gasteiger partial charge in [-0.15, -0.1) is 0 Å². The molecule has 1 rings (SSSR count). The fourth-order valence-electron chi connectivity index (χ4n) is 1.30. The van der Waals surface area contributed by atoms with Gasteiger partial charge in [-0.05, 0) is 19.8 Å². The SMILES string of the molecule is [CH2][C@@H]1[C@H](O)CC[C@H]1OC. The number of aliphatic hydroxyl groups excluding tert-OH is 1. The van der Waals surface area contributed by atoms with Gasteiger partial charge in [0.15, 0.2) is 0 Å². The van der Waals surface area contributed by atoms with E-state index in [2.05, 4.69) is 6.92 Å². The fraction of sp³-hybridized carbons (Fsp3) is 0.857. The van der Waals surface area contributed by atoms with Crippen LogP contribution in [0.5, 0.6) is 0 Å². The zero-order valence-electron chi connectivity index (χ0n) is 5.71. The van der Waals surface area contributed by atoms with Crippen LogP contribution in [0.4, 0.5) is 0 Å². The van der Waals surface area contributed by atoms with Crippen LogP contribution in [-0.4, -0.2) is 24.4 Å². The van der Waals surface area contributed by atoms with Gasteiger partial charge >= 0.3 is 0 Å². The molecule has 2 nitrogen and oxygen atoms in total. The van der Waals surface area contributed by atoms with Crippen LogP contribution < -0.4 is 0 Å². The predicted octanol–water partition coefficient (Wildman–Crippen LogP) is 0.606. The molecule has 0 aromatic carbocycles. The zero-order chi connectivity index (χ0) is 6.85. The third kappa shape index (κ3) is 1.25. The van der Waals surface area contributed by atoms with E-state index in [9.17, 15) is 0 Å². The summed E-state index contributed by atoms with van der Waals surface area (Å²) in [6, 6.07) is 0. The van der Waals surface area contributed by atoms with Gasteiger partial charge in [0.2, 0.25) is 0 Å². The van der Waals surface area contributed by atoms with Crippen molar-refractivity contribution in [3.63, 3.8) is 0 Å². The lowest BCUT2D eigenvalue weighted by molar-refractivity contribution is 0.0531. The first-order valence-electron chi connectivity index (χ1n) is 3.29. The molecule has 0 unspecified atom stereocenters. The lowest BCUT2D eigenvalue weighted by Crippen LogP contribution is -2.20. The molecule has 3 atom stereocenters. The number of methoxy groups -OCH3 is 1. The molecule has 0 amide bonds. The Morgan fingerprint density at radius 2 is 2.22 bits per heavy atom. The Hall–Kier alpha value is -0.0800. The van der Waals surface area contributed by atoms with Crippen molar-refractivity contribution >= 4 is 0 Å². The average molecular weight is 129 g/mol. The van der Waals surface area contributed by atoms with Gasteiger partial charge in [-0.1, -0.05) is 0 Å². The summed E-state index contributed by atoms with van der Waals surface area (Å²) in [5, 5.41) is 9.16. The van der Waals surface area contributed by atoms with Crippen LogP contribution in [0.2, 0.25) is 0 Å². The molecule has 0 saturated heterocycles. The number of aliphatic hydroxyl groups is 1. The molecule has 0 bridgehead atoms. The van der Waals surface area contributed by atoms with Crippen molar-refractivity contribution in [3.05, 3.63) is 6.92 Å². The van der Waals surface area contributed by atoms with Crippen LogP contribution in [0.3, 0.4) is 0 Å². The maximum absolute atomic E-state index is 9.16. The van der Waals surface area contributed by atoms with E-state index in [1.807, 2.05) is 0 Å². The Bertz CT molecular complexity index is 92.9. The first-order valence-corrected chi connectivity index (χ1v) is 3.29. The second-order valence-electron chi connectivity index (χ2n) is 2.58. The van der Waals surface area contributed by atoms with Crippen molar-refractivity contribution in [2.45, 2.75) is 25.0 Å². The summed E-state index contributed by atoms with van der Waals surface area (Å²) in [5.74, 6) is 0.0787. The molecule has 2 heteroatoms. The molecular formula is C7H13O2. The van der Waals surface area contributed by atoms with E-state index in [1.54, 1.807) is 7.11 Å². The highest BCUT2D eigenvalue weighted by Gasteiger charge is 2.30. The first kappa shape index (κ1) is 7.03. The summed E-state index contributed by atoms with van der Waals surface area (Å²) in [5.41, 5.74) is 0. The Morgan fingerprint density at radius 1 is 1.56 bits per heavy atom. The van der Waals surface area contributed by atoms with Crippen molar-refractivity contribution in [2.24, 2.45) is 5.92 Å². The summed E-state index contributed by atoms with van der Waals surface area (Å²) >= 11 is 0. The topological polar surface area (TPSA) is 29.5 Å². The van der Waals surface area contributed by atoms with E-state index in [-0.39, 0.29) is 18.1 Å². The van der Waals surface area contributed by atoms with E-state index in [4.69, 9.17) is 9.84 Å². The molecule has 1 saturated carbocycles. The van der Waals surface area contributed by atoms with Crippen LogP contribution in [0.25, 0.3) is 0 Å². The lowest BCUT2D eigenvalue weighted by atomic mass is 10.1. The van der Waals surface area contributed by atoms with Gasteiger partial charge < -0.3 is 9.84 Å². The molecule has 1 fully saturated rings. The van der Waals surface area contributed by atoms with Crippen molar-refractivity contribution in [1.29, 1.82) is 0 Å². The van der Waals surface area contributed by atoms with Crippen LogP contribution in [0.15, 0.2) is 0 Å². The van der Waals surface area contributed by atoms with Gasteiger partial charge in [-0.3, -0.25) is 0 Å². The minimum Gasteiger partial charge on any atom is -0.393 e. The van der Waals surface area contributed by atoms with Crippen molar-refractivity contribution in [2.75, 3.05) is 7.11 Å². The Labute approximate surface area is 55.8 Å². The highest BCUT2D eigenvalue weighted by molar-refractivity contribution is 4.86. The molecule has 1 N–H and O–H groups in total. The molecule has 53 valence electrons. The van der Waals surface area contributed by atoms with Crippen LogP contribution in [0.1, 0.15) is 12.8 Å². The highest BCUT2D eigenvalue weighted by Crippen LogP contribution is 2.26. The molecule has 0 spiro atoms. The predicted molar refractivity (Wildman–Crippen MR) is 34.9 cm³/mol. The fourth-order valence-corrected chi connectivity index (χ4v) is 1.30. The molecular weight excluding hydrogens is 116 g/mol. The molecule has 0 aromatic heterocycles. The molecule has 9 heavy (non-hydrogen) atoms. The quantitative estimate of drug-likeness (QED) is 0.562. The molecule has 0 aliphatic heterocycles. The Balaban J connectivity index is 2.41. The van der Waals surface area contributed by atoms with E-state index in [0.717, 1.165) is 12.8 Å². The summed E-state index contributed by atoms with van der Waals surface area (Å²) in [4.78, 5) is 0. The van der Waals surface area contributed by atoms with Gasteiger partial charge in [0, 0.05) is 13.0 Å². The summed E-state index contributed by atoms with van der Waals surface area (Å²) < 4.78 is 5.07. The number of hydrogen-bond acceptors (Lipinski definition) is 2. The van der Waals surface area contributed by atoms with Gasteiger partial charge in [0.1, 0.15) is 0 Å². The van der Waals surface area contributed by atoms with E-state index >= 15 is 0 Å². The van der Waals surface area contributed by atoms with Crippen molar-refractivity contribution < 1.29 is 9.84 Å². The molecule has 1 aliphatic carbocycles. The summed E-state index contributed by atoms with van der Waals surface area (Å²) in [6.07, 6.45) is 1.73. The van der Waals surface area contributed by atoms with Crippen molar-refractivity contribution in [1.82, 2.24) is 0 Å². The Morgan fingerprint density at radius 3 is 2.44 bits per heavy atom. The molecule has 1 aliphatic rings. The summed E-state index contributed by atoms with van der Waals surface area (Å²) in [6.45, 7) is 3.80. The lowest BCUT2D eigenvalue weighted by Gasteiger charge is -2.14. The number of rotatable bonds is 1. The zero-order valence-corrected chi connectivity index (χ0v) is 5.71. The summed E-state index contributed by atoms with van der Waals surface area (Å²) in [7, 11) is 1.67. The standard InChI is InChI=1S/C7H13O2/c1-5-6(8)3-4-7(5)9-2/h5-8H,1,3-4H2,2H3/t5-,6-,7-/m1/s1. The van der Waals surface area contributed by atoms with Gasteiger partial charge in [0.25, 0.3) is 0 Å². The van der Waals surface area contributed by atoms with E-state index < -0.39 is 0 Å². The van der Waals surface area contributed by atoms with E-state index in [1.165, 1.54) is 0 Å². The Kier molecular flexibility index (Phi) is 2.09. The third-order valence-corrected chi connectivity index (χ3v) is 2.02. The maximum atomic E-state index is 9.16. The largest absolute Gasteiger partial charge is 0.393 e. The third-order valence-electron chi connectivity index (χ3n) is 2.02. The highest BCUT2D eigenvalue weighted by atomic mass is 16.5. The minimum atomic E-state index is -0.241. The molecule has 0 aromatic rings. The first-order chi connectivity index (χ1) is 4.25. The second-order valence-corrected chi connectivity index (χ2v) is 2.58. The van der Waals surface area contributed by atoms with Crippen molar-refractivity contribution in [3.8, 4) is 0 Å². The smallest absolute Gasteiger partial charge is 0.0625 e. The normalized spacial score (nSPS) is 43.7. The van der Waals surface area contributed by atoms with Gasteiger partial charge in [0.05, 0.1) is 12.2 Å². The molecule has 0 heterocycles. The van der Waals surface area contributed by atoms with Crippen LogP contribution in [-0.2, 0) is 4.74 Å². The second kappa shape index (κ2) is 2.67. The van der Waals surface area contributed by atoms with Gasteiger partial charge in [-0.25, -0.2) is 0 Å². The van der Waals surface area contributed by atoms with Crippen LogP contribution in [0, 0.1) is 12.8 Å². The van der Waals surface area contributed by atoms with Crippen LogP contribution >= 0.6 is 0 Å². The minimum absolute atomic E-state index is 0.0787. The molecule has 1 radical (unpaired) electrons. The number of ether oxygens (including phenoxy) is 1. The maximum Gasteiger partial charge on any atom is 0.0625 e. The average Bonchev–Trinajstić information content (AvgIpc) is 2.15. The monoisotopic (exact) mass is 129 g/mol.